The first-order valence-electron chi connectivity index (χ1n) is 7.66. The third kappa shape index (κ3) is 2.59. The number of aromatic amines is 1. The Morgan fingerprint density at radius 2 is 1.80 bits per heavy atom. The Bertz CT molecular complexity index is 1170. The largest absolute Gasteiger partial charge is 0.495 e. The lowest BCUT2D eigenvalue weighted by Crippen LogP contribution is -2.20. The maximum Gasteiger partial charge on any atom is 0.268 e. The van der Waals surface area contributed by atoms with Gasteiger partial charge in [0, 0.05) is 10.9 Å². The number of thiophene rings is 1. The molecule has 0 fully saturated rings. The SMILES string of the molecule is COc1ccccc1-n1c(=S)[nH]c2scc(-c3ccccc3)c2c1=O. The van der Waals surface area contributed by atoms with Gasteiger partial charge in [0.2, 0.25) is 0 Å². The van der Waals surface area contributed by atoms with Gasteiger partial charge in [-0.15, -0.1) is 11.3 Å². The lowest BCUT2D eigenvalue weighted by atomic mass is 10.1. The molecule has 1 N–H and O–H groups in total. The molecule has 6 heteroatoms. The third-order valence-corrected chi connectivity index (χ3v) is 5.22. The van der Waals surface area contributed by atoms with Crippen LogP contribution in [0.2, 0.25) is 0 Å². The Labute approximate surface area is 153 Å². The second kappa shape index (κ2) is 6.31. The topological polar surface area (TPSA) is 47.0 Å². The van der Waals surface area contributed by atoms with Crippen molar-refractivity contribution in [1.29, 1.82) is 0 Å². The number of rotatable bonds is 3. The van der Waals surface area contributed by atoms with Crippen molar-refractivity contribution >= 4 is 33.8 Å². The molecule has 0 aliphatic heterocycles. The minimum atomic E-state index is -0.150. The molecule has 0 amide bonds. The molecule has 4 rings (SSSR count). The van der Waals surface area contributed by atoms with E-state index in [0.717, 1.165) is 16.0 Å². The van der Waals surface area contributed by atoms with Gasteiger partial charge in [0.05, 0.1) is 18.2 Å². The molecule has 2 aromatic heterocycles. The molecule has 0 atom stereocenters. The van der Waals surface area contributed by atoms with Crippen molar-refractivity contribution in [2.45, 2.75) is 0 Å². The maximum absolute atomic E-state index is 13.3. The highest BCUT2D eigenvalue weighted by Crippen LogP contribution is 2.31. The lowest BCUT2D eigenvalue weighted by Gasteiger charge is -2.11. The van der Waals surface area contributed by atoms with Gasteiger partial charge in [0.25, 0.3) is 5.56 Å². The van der Waals surface area contributed by atoms with E-state index in [9.17, 15) is 4.79 Å². The summed E-state index contributed by atoms with van der Waals surface area (Å²) in [6, 6.07) is 17.2. The van der Waals surface area contributed by atoms with E-state index >= 15 is 0 Å². The Kier molecular flexibility index (Phi) is 3.99. The molecule has 2 heterocycles. The Hall–Kier alpha value is -2.70. The molecular formula is C19H14N2O2S2. The average molecular weight is 366 g/mol. The van der Waals surface area contributed by atoms with Gasteiger partial charge < -0.3 is 9.72 Å². The molecule has 4 aromatic rings. The van der Waals surface area contributed by atoms with Crippen LogP contribution in [-0.4, -0.2) is 16.7 Å². The van der Waals surface area contributed by atoms with Crippen molar-refractivity contribution in [1.82, 2.24) is 9.55 Å². The molecular weight excluding hydrogens is 352 g/mol. The van der Waals surface area contributed by atoms with E-state index in [2.05, 4.69) is 4.98 Å². The molecule has 4 nitrogen and oxygen atoms in total. The van der Waals surface area contributed by atoms with E-state index in [-0.39, 0.29) is 5.56 Å². The molecule has 0 spiro atoms. The first kappa shape index (κ1) is 15.8. The highest BCUT2D eigenvalue weighted by atomic mass is 32.1. The van der Waals surface area contributed by atoms with Gasteiger partial charge in [-0.3, -0.25) is 4.79 Å². The van der Waals surface area contributed by atoms with Gasteiger partial charge in [-0.05, 0) is 29.9 Å². The summed E-state index contributed by atoms with van der Waals surface area (Å²) in [7, 11) is 1.58. The van der Waals surface area contributed by atoms with E-state index < -0.39 is 0 Å². The van der Waals surface area contributed by atoms with E-state index in [4.69, 9.17) is 17.0 Å². The summed E-state index contributed by atoms with van der Waals surface area (Å²) < 4.78 is 7.25. The Morgan fingerprint density at radius 3 is 2.56 bits per heavy atom. The van der Waals surface area contributed by atoms with Crippen LogP contribution in [0.4, 0.5) is 0 Å². The molecule has 0 aliphatic rings. The van der Waals surface area contributed by atoms with Gasteiger partial charge in [-0.1, -0.05) is 42.5 Å². The number of para-hydroxylation sites is 2. The molecule has 0 bridgehead atoms. The van der Waals surface area contributed by atoms with Crippen LogP contribution in [0.5, 0.6) is 5.75 Å². The Balaban J connectivity index is 2.08. The predicted molar refractivity (Wildman–Crippen MR) is 105 cm³/mol. The van der Waals surface area contributed by atoms with Gasteiger partial charge in [-0.2, -0.15) is 0 Å². The second-order valence-electron chi connectivity index (χ2n) is 5.46. The summed E-state index contributed by atoms with van der Waals surface area (Å²) in [6.07, 6.45) is 0. The fraction of sp³-hybridized carbons (Fsp3) is 0.0526. The van der Waals surface area contributed by atoms with Gasteiger partial charge in [0.15, 0.2) is 4.77 Å². The maximum atomic E-state index is 13.3. The summed E-state index contributed by atoms with van der Waals surface area (Å²) in [5.74, 6) is 0.597. The zero-order chi connectivity index (χ0) is 17.4. The number of methoxy groups -OCH3 is 1. The van der Waals surface area contributed by atoms with Crippen molar-refractivity contribution in [3.63, 3.8) is 0 Å². The van der Waals surface area contributed by atoms with E-state index in [1.807, 2.05) is 60.0 Å². The number of aromatic nitrogens is 2. The molecule has 0 saturated carbocycles. The number of hydrogen-bond donors (Lipinski definition) is 1. The van der Waals surface area contributed by atoms with Crippen molar-refractivity contribution in [2.75, 3.05) is 7.11 Å². The second-order valence-corrected chi connectivity index (χ2v) is 6.73. The van der Waals surface area contributed by atoms with Crippen LogP contribution in [0.3, 0.4) is 0 Å². The summed E-state index contributed by atoms with van der Waals surface area (Å²) in [5, 5.41) is 2.62. The number of benzene rings is 2. The monoisotopic (exact) mass is 366 g/mol. The van der Waals surface area contributed by atoms with Crippen molar-refractivity contribution in [2.24, 2.45) is 0 Å². The van der Waals surface area contributed by atoms with Crippen LogP contribution in [-0.2, 0) is 0 Å². The normalized spacial score (nSPS) is 10.9. The number of hydrogen-bond acceptors (Lipinski definition) is 4. The fourth-order valence-electron chi connectivity index (χ4n) is 2.88. The molecule has 0 unspecified atom stereocenters. The first-order valence-corrected chi connectivity index (χ1v) is 8.95. The quantitative estimate of drug-likeness (QED) is 0.531. The number of H-pyrrole nitrogens is 1. The van der Waals surface area contributed by atoms with Crippen LogP contribution in [0.1, 0.15) is 0 Å². The van der Waals surface area contributed by atoms with Crippen molar-refractivity contribution in [3.05, 3.63) is 75.1 Å². The fourth-order valence-corrected chi connectivity index (χ4v) is 4.19. The highest BCUT2D eigenvalue weighted by molar-refractivity contribution is 7.71. The van der Waals surface area contributed by atoms with Gasteiger partial charge >= 0.3 is 0 Å². The smallest absolute Gasteiger partial charge is 0.268 e. The van der Waals surface area contributed by atoms with Crippen molar-refractivity contribution in [3.8, 4) is 22.6 Å². The van der Waals surface area contributed by atoms with Crippen LogP contribution in [0.25, 0.3) is 27.0 Å². The number of nitrogens with one attached hydrogen (secondary N) is 1. The van der Waals surface area contributed by atoms with Crippen LogP contribution < -0.4 is 10.3 Å². The number of ether oxygens (including phenoxy) is 1. The third-order valence-electron chi connectivity index (χ3n) is 4.04. The minimum Gasteiger partial charge on any atom is -0.495 e. The summed E-state index contributed by atoms with van der Waals surface area (Å²) in [4.78, 5) is 17.3. The molecule has 25 heavy (non-hydrogen) atoms. The number of fused-ring (bicyclic) bond motifs is 1. The van der Waals surface area contributed by atoms with Gasteiger partial charge in [0.1, 0.15) is 10.6 Å². The van der Waals surface area contributed by atoms with Gasteiger partial charge in [-0.25, -0.2) is 4.57 Å². The van der Waals surface area contributed by atoms with Crippen molar-refractivity contribution < 1.29 is 4.74 Å². The molecule has 0 radical (unpaired) electrons. The lowest BCUT2D eigenvalue weighted by molar-refractivity contribution is 0.412. The zero-order valence-corrected chi connectivity index (χ0v) is 15.0. The highest BCUT2D eigenvalue weighted by Gasteiger charge is 2.16. The molecule has 0 aliphatic carbocycles. The van der Waals surface area contributed by atoms with Crippen LogP contribution in [0.15, 0.2) is 64.8 Å². The average Bonchev–Trinajstić information content (AvgIpc) is 3.07. The van der Waals surface area contributed by atoms with Crippen LogP contribution >= 0.6 is 23.6 Å². The Morgan fingerprint density at radius 1 is 1.08 bits per heavy atom. The van der Waals surface area contributed by atoms with E-state index in [1.54, 1.807) is 7.11 Å². The molecule has 2 aromatic carbocycles. The predicted octanol–water partition coefficient (Wildman–Crippen LogP) is 4.79. The molecule has 0 saturated heterocycles. The number of nitrogens with zero attached hydrogens (tertiary/aromatic N) is 1. The zero-order valence-electron chi connectivity index (χ0n) is 13.4. The summed E-state index contributed by atoms with van der Waals surface area (Å²) in [6.45, 7) is 0. The minimum absolute atomic E-state index is 0.150. The van der Waals surface area contributed by atoms with Crippen LogP contribution in [0, 0.1) is 4.77 Å². The summed E-state index contributed by atoms with van der Waals surface area (Å²) >= 11 is 6.93. The van der Waals surface area contributed by atoms with E-state index in [0.29, 0.717) is 21.6 Å². The molecule has 124 valence electrons. The first-order chi connectivity index (χ1) is 12.2. The summed E-state index contributed by atoms with van der Waals surface area (Å²) in [5.41, 5.74) is 2.38. The van der Waals surface area contributed by atoms with E-state index in [1.165, 1.54) is 15.9 Å². The standard InChI is InChI=1S/C19H14N2O2S2/c1-23-15-10-6-5-9-14(15)21-18(22)16-13(12-7-3-2-4-8-12)11-25-17(16)20-19(21)24/h2-11H,1H3,(H,20,24).